The van der Waals surface area contributed by atoms with Crippen LogP contribution >= 0.6 is 0 Å². The summed E-state index contributed by atoms with van der Waals surface area (Å²) in [7, 11) is 0. The molecule has 0 aromatic carbocycles. The molecule has 4 nitrogen and oxygen atoms in total. The second kappa shape index (κ2) is 6.95. The van der Waals surface area contributed by atoms with E-state index in [0.29, 0.717) is 12.6 Å². The number of fused-ring (bicyclic) bond motifs is 1. The van der Waals surface area contributed by atoms with E-state index in [1.165, 1.54) is 32.1 Å². The minimum Gasteiger partial charge on any atom is -0.376 e. The number of carbonyl (C=O) groups is 1. The Balaban J connectivity index is 1.43. The number of ether oxygens (including phenoxy) is 2. The molecule has 136 valence electrons. The van der Waals surface area contributed by atoms with E-state index in [9.17, 15) is 4.79 Å². The highest BCUT2D eigenvalue weighted by atomic mass is 16.5. The Bertz CT molecular complexity index is 446. The number of carbonyl (C=O) groups excluding carboxylic acids is 1. The van der Waals surface area contributed by atoms with Crippen molar-refractivity contribution in [3.05, 3.63) is 0 Å². The molecule has 2 aliphatic carbocycles. The standard InChI is InChI=1S/C20H33NO3/c1-13(2)19(24-12-18-4-3-5-23-18)20(22)21-11-16-7-14-6-15(8-16)10-17(21)9-14/h13-19H,3-12H2,1-2H3/t14-,15+,16?,17?,18-,19-/m0/s1. The van der Waals surface area contributed by atoms with Gasteiger partial charge in [-0.1, -0.05) is 13.8 Å². The third-order valence-corrected chi connectivity index (χ3v) is 6.72. The lowest BCUT2D eigenvalue weighted by Gasteiger charge is -2.39. The smallest absolute Gasteiger partial charge is 0.252 e. The first kappa shape index (κ1) is 16.8. The third-order valence-electron chi connectivity index (χ3n) is 6.72. The molecule has 3 saturated heterocycles. The maximum absolute atomic E-state index is 13.3. The van der Waals surface area contributed by atoms with Crippen LogP contribution in [0.25, 0.3) is 0 Å². The summed E-state index contributed by atoms with van der Waals surface area (Å²) in [4.78, 5) is 15.5. The monoisotopic (exact) mass is 335 g/mol. The van der Waals surface area contributed by atoms with E-state index in [-0.39, 0.29) is 24.0 Å². The maximum Gasteiger partial charge on any atom is 0.252 e. The molecule has 4 heteroatoms. The normalized spacial score (nSPS) is 39.5. The second-order valence-electron chi connectivity index (χ2n) is 9.05. The first-order valence-electron chi connectivity index (χ1n) is 10.1. The van der Waals surface area contributed by atoms with Crippen LogP contribution in [0.5, 0.6) is 0 Å². The van der Waals surface area contributed by atoms with Crippen LogP contribution in [0, 0.1) is 23.7 Å². The highest BCUT2D eigenvalue weighted by molar-refractivity contribution is 5.81. The molecule has 0 spiro atoms. The fourth-order valence-corrected chi connectivity index (χ4v) is 5.75. The maximum atomic E-state index is 13.3. The molecule has 2 unspecified atom stereocenters. The molecule has 0 aromatic rings. The Morgan fingerprint density at radius 1 is 1.12 bits per heavy atom. The summed E-state index contributed by atoms with van der Waals surface area (Å²) in [6, 6.07) is 0.473. The fraction of sp³-hybridized carbons (Fsp3) is 0.950. The minimum absolute atomic E-state index is 0.190. The average molecular weight is 335 g/mol. The van der Waals surface area contributed by atoms with Gasteiger partial charge in [0.15, 0.2) is 0 Å². The molecule has 5 rings (SSSR count). The number of rotatable bonds is 5. The van der Waals surface area contributed by atoms with Crippen LogP contribution in [0.2, 0.25) is 0 Å². The second-order valence-corrected chi connectivity index (χ2v) is 9.05. The van der Waals surface area contributed by atoms with Crippen molar-refractivity contribution in [3.8, 4) is 0 Å². The molecule has 2 saturated carbocycles. The Hall–Kier alpha value is -0.610. The quantitative estimate of drug-likeness (QED) is 0.774. The van der Waals surface area contributed by atoms with Crippen molar-refractivity contribution < 1.29 is 14.3 Å². The Kier molecular flexibility index (Phi) is 4.88. The van der Waals surface area contributed by atoms with Gasteiger partial charge >= 0.3 is 0 Å². The summed E-state index contributed by atoms with van der Waals surface area (Å²) in [5.74, 6) is 2.94. The molecule has 24 heavy (non-hydrogen) atoms. The molecule has 1 amide bonds. The van der Waals surface area contributed by atoms with Crippen LogP contribution in [0.4, 0.5) is 0 Å². The number of nitrogens with zero attached hydrogens (tertiary/aromatic N) is 1. The molecule has 3 heterocycles. The molecule has 3 aliphatic heterocycles. The summed E-state index contributed by atoms with van der Waals surface area (Å²) in [5.41, 5.74) is 0. The van der Waals surface area contributed by atoms with Crippen molar-refractivity contribution in [1.29, 1.82) is 0 Å². The fourth-order valence-electron chi connectivity index (χ4n) is 5.75. The van der Waals surface area contributed by atoms with Crippen LogP contribution in [0.3, 0.4) is 0 Å². The zero-order valence-corrected chi connectivity index (χ0v) is 15.3. The molecular formula is C20H33NO3. The van der Waals surface area contributed by atoms with Gasteiger partial charge in [-0.25, -0.2) is 0 Å². The highest BCUT2D eigenvalue weighted by Crippen LogP contribution is 2.47. The average Bonchev–Trinajstić information content (AvgIpc) is 2.97. The lowest BCUT2D eigenvalue weighted by Crippen LogP contribution is -2.49. The molecule has 0 aromatic heterocycles. The van der Waals surface area contributed by atoms with Gasteiger partial charge in [0.1, 0.15) is 6.10 Å². The molecular weight excluding hydrogens is 302 g/mol. The minimum atomic E-state index is -0.301. The van der Waals surface area contributed by atoms with Crippen molar-refractivity contribution in [3.63, 3.8) is 0 Å². The number of hydrogen-bond donors (Lipinski definition) is 0. The Labute approximate surface area is 146 Å². The van der Waals surface area contributed by atoms with Crippen LogP contribution in [-0.2, 0) is 14.3 Å². The van der Waals surface area contributed by atoms with E-state index in [0.717, 1.165) is 43.7 Å². The van der Waals surface area contributed by atoms with Gasteiger partial charge in [0.05, 0.1) is 12.7 Å². The third kappa shape index (κ3) is 3.37. The zero-order valence-electron chi connectivity index (χ0n) is 15.3. The summed E-state index contributed by atoms with van der Waals surface area (Å²) in [6.45, 7) is 6.61. The van der Waals surface area contributed by atoms with Crippen molar-refractivity contribution in [2.75, 3.05) is 19.8 Å². The Morgan fingerprint density at radius 2 is 1.83 bits per heavy atom. The predicted octanol–water partition coefficient (Wildman–Crippen LogP) is 3.24. The van der Waals surface area contributed by atoms with E-state index >= 15 is 0 Å². The lowest BCUT2D eigenvalue weighted by molar-refractivity contribution is -0.152. The highest BCUT2D eigenvalue weighted by Gasteiger charge is 2.45. The van der Waals surface area contributed by atoms with Crippen LogP contribution in [-0.4, -0.2) is 48.8 Å². The van der Waals surface area contributed by atoms with Crippen molar-refractivity contribution >= 4 is 5.91 Å². The van der Waals surface area contributed by atoms with Crippen LogP contribution in [0.1, 0.15) is 58.8 Å². The molecule has 0 N–H and O–H groups in total. The van der Waals surface area contributed by atoms with Gasteiger partial charge in [-0.05, 0) is 68.6 Å². The first-order chi connectivity index (χ1) is 11.6. The summed E-state index contributed by atoms with van der Waals surface area (Å²) in [5, 5.41) is 0. The van der Waals surface area contributed by atoms with Crippen molar-refractivity contribution in [1.82, 2.24) is 4.90 Å². The van der Waals surface area contributed by atoms with Gasteiger partial charge in [-0.3, -0.25) is 4.79 Å². The Morgan fingerprint density at radius 3 is 2.46 bits per heavy atom. The number of hydrogen-bond acceptors (Lipinski definition) is 3. The van der Waals surface area contributed by atoms with Crippen molar-refractivity contribution in [2.45, 2.75) is 77.0 Å². The van der Waals surface area contributed by atoms with Gasteiger partial charge < -0.3 is 14.4 Å². The van der Waals surface area contributed by atoms with Gasteiger partial charge in [-0.2, -0.15) is 0 Å². The van der Waals surface area contributed by atoms with E-state index in [1.807, 2.05) is 0 Å². The number of amides is 1. The summed E-state index contributed by atoms with van der Waals surface area (Å²) in [6.07, 6.45) is 8.65. The molecule has 4 bridgehead atoms. The largest absolute Gasteiger partial charge is 0.376 e. The zero-order chi connectivity index (χ0) is 16.7. The van der Waals surface area contributed by atoms with Gasteiger partial charge in [0.25, 0.3) is 5.91 Å². The lowest BCUT2D eigenvalue weighted by atomic mass is 9.68. The van der Waals surface area contributed by atoms with Crippen LogP contribution < -0.4 is 0 Å². The van der Waals surface area contributed by atoms with Crippen molar-refractivity contribution in [2.24, 2.45) is 23.7 Å². The SMILES string of the molecule is CC(C)[C@H](OC[C@@H]1CCCO1)C(=O)N1CC2C[C@@H]3CC1C[C@H](C2)C3. The summed E-state index contributed by atoms with van der Waals surface area (Å²) < 4.78 is 11.8. The van der Waals surface area contributed by atoms with Gasteiger partial charge in [0.2, 0.25) is 0 Å². The topological polar surface area (TPSA) is 38.8 Å². The predicted molar refractivity (Wildman–Crippen MR) is 92.6 cm³/mol. The summed E-state index contributed by atoms with van der Waals surface area (Å²) >= 11 is 0. The molecule has 0 radical (unpaired) electrons. The van der Waals surface area contributed by atoms with Gasteiger partial charge in [0, 0.05) is 19.2 Å². The molecule has 5 fully saturated rings. The van der Waals surface area contributed by atoms with E-state index in [2.05, 4.69) is 18.7 Å². The molecule has 6 atom stereocenters. The van der Waals surface area contributed by atoms with Gasteiger partial charge in [-0.15, -0.1) is 0 Å². The van der Waals surface area contributed by atoms with Crippen LogP contribution in [0.15, 0.2) is 0 Å². The van der Waals surface area contributed by atoms with E-state index in [1.54, 1.807) is 0 Å². The van der Waals surface area contributed by atoms with E-state index < -0.39 is 0 Å². The first-order valence-corrected chi connectivity index (χ1v) is 10.1. The van der Waals surface area contributed by atoms with E-state index in [4.69, 9.17) is 9.47 Å². The molecule has 5 aliphatic rings.